The highest BCUT2D eigenvalue weighted by molar-refractivity contribution is 5.86. The monoisotopic (exact) mass is 319 g/mol. The number of furan rings is 1. The van der Waals surface area contributed by atoms with E-state index in [4.69, 9.17) is 4.42 Å². The molecular weight excluding hydrogens is 302 g/mol. The van der Waals surface area contributed by atoms with E-state index in [1.54, 1.807) is 23.1 Å². The summed E-state index contributed by atoms with van der Waals surface area (Å²) in [5, 5.41) is 13.7. The number of methoxy groups -OCH3 is 1. The maximum Gasteiger partial charge on any atom is 0.360 e. The van der Waals surface area contributed by atoms with Crippen LogP contribution >= 0.6 is 0 Å². The molecule has 1 aliphatic heterocycles. The fraction of sp³-hybridized carbons (Fsp3) is 0.429. The van der Waals surface area contributed by atoms with E-state index >= 15 is 0 Å². The molecule has 0 spiro atoms. The van der Waals surface area contributed by atoms with Crippen molar-refractivity contribution in [3.8, 4) is 0 Å². The van der Waals surface area contributed by atoms with Crippen LogP contribution in [0, 0.1) is 0 Å². The second-order valence-corrected chi connectivity index (χ2v) is 5.22. The van der Waals surface area contributed by atoms with Crippen molar-refractivity contribution < 1.29 is 18.7 Å². The number of hydrogen-bond donors (Lipinski definition) is 2. The van der Waals surface area contributed by atoms with Crippen molar-refractivity contribution in [2.75, 3.05) is 13.7 Å². The molecule has 1 amide bonds. The molecule has 2 aromatic heterocycles. The molecule has 3 rings (SSSR count). The van der Waals surface area contributed by atoms with Gasteiger partial charge in [-0.15, -0.1) is 5.10 Å². The molecule has 3 heterocycles. The van der Waals surface area contributed by atoms with Crippen molar-refractivity contribution >= 4 is 11.9 Å². The van der Waals surface area contributed by atoms with Gasteiger partial charge in [-0.3, -0.25) is 4.79 Å². The number of ether oxygens (including phenoxy) is 1. The van der Waals surface area contributed by atoms with Gasteiger partial charge in [0.2, 0.25) is 5.91 Å². The second-order valence-electron chi connectivity index (χ2n) is 5.22. The lowest BCUT2D eigenvalue weighted by atomic mass is 10.1. The Morgan fingerprint density at radius 1 is 1.57 bits per heavy atom. The van der Waals surface area contributed by atoms with Gasteiger partial charge in [0.1, 0.15) is 5.76 Å². The van der Waals surface area contributed by atoms with Crippen molar-refractivity contribution in [3.63, 3.8) is 0 Å². The van der Waals surface area contributed by atoms with Gasteiger partial charge in [0, 0.05) is 6.54 Å². The minimum atomic E-state index is -0.532. The molecule has 0 aliphatic carbocycles. The van der Waals surface area contributed by atoms with Crippen LogP contribution in [0.5, 0.6) is 0 Å². The molecule has 23 heavy (non-hydrogen) atoms. The fourth-order valence-corrected chi connectivity index (χ4v) is 2.48. The average Bonchev–Trinajstić information content (AvgIpc) is 3.32. The van der Waals surface area contributed by atoms with Gasteiger partial charge in [0.25, 0.3) is 0 Å². The van der Waals surface area contributed by atoms with Crippen LogP contribution in [0.4, 0.5) is 0 Å². The molecular formula is C14H17N5O4. The minimum absolute atomic E-state index is 0.0414. The number of nitrogens with zero attached hydrogens (tertiary/aromatic N) is 3. The zero-order valence-electron chi connectivity index (χ0n) is 12.6. The quantitative estimate of drug-likeness (QED) is 0.739. The third-order valence-corrected chi connectivity index (χ3v) is 3.72. The van der Waals surface area contributed by atoms with Crippen LogP contribution in [-0.4, -0.2) is 46.6 Å². The van der Waals surface area contributed by atoms with Crippen LogP contribution < -0.4 is 10.6 Å². The van der Waals surface area contributed by atoms with E-state index in [9.17, 15) is 9.59 Å². The van der Waals surface area contributed by atoms with Gasteiger partial charge in [-0.05, 0) is 18.6 Å². The largest absolute Gasteiger partial charge is 0.467 e. The molecule has 0 aromatic carbocycles. The van der Waals surface area contributed by atoms with Crippen LogP contribution in [-0.2, 0) is 16.1 Å². The number of esters is 1. The maximum absolute atomic E-state index is 12.1. The van der Waals surface area contributed by atoms with Gasteiger partial charge in [-0.25, -0.2) is 9.48 Å². The van der Waals surface area contributed by atoms with Crippen LogP contribution in [0.2, 0.25) is 0 Å². The number of aromatic nitrogens is 3. The van der Waals surface area contributed by atoms with Crippen molar-refractivity contribution in [2.24, 2.45) is 0 Å². The zero-order chi connectivity index (χ0) is 16.2. The van der Waals surface area contributed by atoms with Gasteiger partial charge in [0.15, 0.2) is 5.69 Å². The predicted molar refractivity (Wildman–Crippen MR) is 77.4 cm³/mol. The van der Waals surface area contributed by atoms with Crippen molar-refractivity contribution in [2.45, 2.75) is 25.0 Å². The molecule has 2 aromatic rings. The Labute approximate surface area is 132 Å². The number of amides is 1. The molecule has 9 heteroatoms. The molecule has 2 atom stereocenters. The summed E-state index contributed by atoms with van der Waals surface area (Å²) in [7, 11) is 1.29. The fourth-order valence-electron chi connectivity index (χ4n) is 2.48. The SMILES string of the molecule is COC(=O)c1cn([C@H]2CN[C@H](C(=O)NCc3ccco3)C2)nn1. The van der Waals surface area contributed by atoms with Gasteiger partial charge in [-0.2, -0.15) is 0 Å². The third-order valence-electron chi connectivity index (χ3n) is 3.72. The van der Waals surface area contributed by atoms with Crippen LogP contribution in [0.25, 0.3) is 0 Å². The topological polar surface area (TPSA) is 111 Å². The number of carbonyl (C=O) groups excluding carboxylic acids is 2. The summed E-state index contributed by atoms with van der Waals surface area (Å²) in [6, 6.07) is 3.21. The summed E-state index contributed by atoms with van der Waals surface area (Å²) in [5.41, 5.74) is 0.151. The summed E-state index contributed by atoms with van der Waals surface area (Å²) in [6.07, 6.45) is 3.66. The van der Waals surface area contributed by atoms with Gasteiger partial charge in [-0.1, -0.05) is 5.21 Å². The first-order chi connectivity index (χ1) is 11.2. The second kappa shape index (κ2) is 6.61. The lowest BCUT2D eigenvalue weighted by Crippen LogP contribution is -2.39. The van der Waals surface area contributed by atoms with E-state index < -0.39 is 5.97 Å². The molecule has 9 nitrogen and oxygen atoms in total. The lowest BCUT2D eigenvalue weighted by Gasteiger charge is -2.10. The Balaban J connectivity index is 1.54. The Morgan fingerprint density at radius 2 is 2.43 bits per heavy atom. The highest BCUT2D eigenvalue weighted by atomic mass is 16.5. The first-order valence-corrected chi connectivity index (χ1v) is 7.21. The summed E-state index contributed by atoms with van der Waals surface area (Å²) < 4.78 is 11.3. The summed E-state index contributed by atoms with van der Waals surface area (Å²) in [4.78, 5) is 23.5. The smallest absolute Gasteiger partial charge is 0.360 e. The Hall–Kier alpha value is -2.68. The molecule has 1 saturated heterocycles. The Bertz CT molecular complexity index is 681. The van der Waals surface area contributed by atoms with Gasteiger partial charge < -0.3 is 19.8 Å². The minimum Gasteiger partial charge on any atom is -0.467 e. The van der Waals surface area contributed by atoms with Crippen molar-refractivity contribution in [1.82, 2.24) is 25.6 Å². The highest BCUT2D eigenvalue weighted by Gasteiger charge is 2.31. The highest BCUT2D eigenvalue weighted by Crippen LogP contribution is 2.19. The normalized spacial score (nSPS) is 20.4. The Morgan fingerprint density at radius 3 is 3.17 bits per heavy atom. The van der Waals surface area contributed by atoms with Crippen LogP contribution in [0.1, 0.15) is 28.7 Å². The van der Waals surface area contributed by atoms with Crippen LogP contribution in [0.15, 0.2) is 29.0 Å². The number of carbonyl (C=O) groups is 2. The maximum atomic E-state index is 12.1. The first kappa shape index (κ1) is 15.2. The van der Waals surface area contributed by atoms with Gasteiger partial charge >= 0.3 is 5.97 Å². The molecule has 0 radical (unpaired) electrons. The van der Waals surface area contributed by atoms with Crippen molar-refractivity contribution in [1.29, 1.82) is 0 Å². The van der Waals surface area contributed by atoms with Gasteiger partial charge in [0.05, 0.1) is 38.2 Å². The molecule has 122 valence electrons. The predicted octanol–water partition coefficient (Wildman–Crippen LogP) is -0.123. The summed E-state index contributed by atoms with van der Waals surface area (Å²) in [6.45, 7) is 0.924. The molecule has 1 aliphatic rings. The first-order valence-electron chi connectivity index (χ1n) is 7.21. The average molecular weight is 319 g/mol. The standard InChI is InChI=1S/C14H17N5O4/c1-22-14(21)12-8-19(18-17-12)9-5-11(15-6-9)13(20)16-7-10-3-2-4-23-10/h2-4,8-9,11,15H,5-7H2,1H3,(H,16,20)/t9-,11+/m1/s1. The van der Waals surface area contributed by atoms with Crippen molar-refractivity contribution in [3.05, 3.63) is 36.0 Å². The van der Waals surface area contributed by atoms with E-state index in [1.165, 1.54) is 13.3 Å². The van der Waals surface area contributed by atoms with Crippen LogP contribution in [0.3, 0.4) is 0 Å². The number of nitrogens with one attached hydrogen (secondary N) is 2. The van der Waals surface area contributed by atoms with E-state index in [0.29, 0.717) is 25.3 Å². The van der Waals surface area contributed by atoms with E-state index in [2.05, 4.69) is 25.7 Å². The molecule has 0 bridgehead atoms. The third kappa shape index (κ3) is 3.39. The summed E-state index contributed by atoms with van der Waals surface area (Å²) >= 11 is 0. The van der Waals surface area contributed by atoms with E-state index in [1.807, 2.05) is 0 Å². The number of rotatable bonds is 5. The number of hydrogen-bond acceptors (Lipinski definition) is 7. The molecule has 2 N–H and O–H groups in total. The lowest BCUT2D eigenvalue weighted by molar-refractivity contribution is -0.123. The molecule has 1 fully saturated rings. The Kier molecular flexibility index (Phi) is 4.38. The van der Waals surface area contributed by atoms with E-state index in [-0.39, 0.29) is 23.7 Å². The molecule has 0 saturated carbocycles. The zero-order valence-corrected chi connectivity index (χ0v) is 12.6. The summed E-state index contributed by atoms with van der Waals surface area (Å²) in [5.74, 6) is 0.0686. The molecule has 0 unspecified atom stereocenters. The van der Waals surface area contributed by atoms with E-state index in [0.717, 1.165) is 0 Å².